The molecule has 3 nitrogen and oxygen atoms in total. The van der Waals surface area contributed by atoms with Gasteiger partial charge in [0.05, 0.1) is 0 Å². The standard InChI is InChI=1S/C3H5N3/c4-1-3(6)2-5/h1H,4,6H2. The summed E-state index contributed by atoms with van der Waals surface area (Å²) in [6.45, 7) is 0. The van der Waals surface area contributed by atoms with Crippen LogP contribution in [0.15, 0.2) is 11.9 Å². The number of nitriles is 1. The maximum atomic E-state index is 7.81. The van der Waals surface area contributed by atoms with Crippen molar-refractivity contribution in [2.24, 2.45) is 11.5 Å². The van der Waals surface area contributed by atoms with Crippen LogP contribution < -0.4 is 11.5 Å². The summed E-state index contributed by atoms with van der Waals surface area (Å²) in [5.41, 5.74) is 9.67. The molecule has 0 atom stereocenters. The summed E-state index contributed by atoms with van der Waals surface area (Å²) in [6.07, 6.45) is 1.06. The maximum Gasteiger partial charge on any atom is 0.126 e. The Bertz CT molecular complexity index is 97.1. The molecule has 0 aliphatic rings. The first-order valence-electron chi connectivity index (χ1n) is 1.38. The minimum atomic E-state index is 0.0509. The highest BCUT2D eigenvalue weighted by atomic mass is 14.6. The fourth-order valence-corrected chi connectivity index (χ4v) is 0.0373. The molecule has 0 saturated carbocycles. The average molecular weight is 83.1 g/mol. The lowest BCUT2D eigenvalue weighted by Crippen LogP contribution is -1.95. The fourth-order valence-electron chi connectivity index (χ4n) is 0.0373. The van der Waals surface area contributed by atoms with Gasteiger partial charge in [0.2, 0.25) is 0 Å². The van der Waals surface area contributed by atoms with Crippen molar-refractivity contribution in [2.75, 3.05) is 0 Å². The van der Waals surface area contributed by atoms with Crippen LogP contribution in [0.3, 0.4) is 0 Å². The van der Waals surface area contributed by atoms with E-state index in [0.717, 1.165) is 6.20 Å². The minimum Gasteiger partial charge on any atom is -0.402 e. The van der Waals surface area contributed by atoms with Gasteiger partial charge in [0.25, 0.3) is 0 Å². The van der Waals surface area contributed by atoms with Gasteiger partial charge in [-0.3, -0.25) is 0 Å². The number of rotatable bonds is 0. The molecule has 0 unspecified atom stereocenters. The fraction of sp³-hybridized carbons (Fsp3) is 0. The largest absolute Gasteiger partial charge is 0.402 e. The van der Waals surface area contributed by atoms with E-state index in [9.17, 15) is 0 Å². The maximum absolute atomic E-state index is 7.81. The van der Waals surface area contributed by atoms with Crippen molar-refractivity contribution in [2.45, 2.75) is 0 Å². The summed E-state index contributed by atoms with van der Waals surface area (Å²) < 4.78 is 0. The molecule has 0 rings (SSSR count). The van der Waals surface area contributed by atoms with Gasteiger partial charge in [-0.25, -0.2) is 0 Å². The number of allylic oxidation sites excluding steroid dienone is 1. The molecule has 0 fully saturated rings. The van der Waals surface area contributed by atoms with Crippen molar-refractivity contribution in [3.05, 3.63) is 11.9 Å². The van der Waals surface area contributed by atoms with E-state index in [1.165, 1.54) is 0 Å². The van der Waals surface area contributed by atoms with Crippen molar-refractivity contribution in [1.29, 1.82) is 5.26 Å². The minimum absolute atomic E-state index is 0.0509. The number of nitrogens with zero attached hydrogens (tertiary/aromatic N) is 1. The van der Waals surface area contributed by atoms with E-state index in [0.29, 0.717) is 0 Å². The van der Waals surface area contributed by atoms with Gasteiger partial charge in [0.1, 0.15) is 11.8 Å². The smallest absolute Gasteiger partial charge is 0.126 e. The molecule has 0 bridgehead atoms. The van der Waals surface area contributed by atoms with Crippen LogP contribution in [0, 0.1) is 11.3 Å². The first-order chi connectivity index (χ1) is 2.81. The Hall–Kier alpha value is -1.17. The van der Waals surface area contributed by atoms with Crippen LogP contribution in [0.5, 0.6) is 0 Å². The number of nitrogens with two attached hydrogens (primary N) is 2. The normalized spacial score (nSPS) is 10.2. The summed E-state index contributed by atoms with van der Waals surface area (Å²) in [7, 11) is 0. The molecule has 3 heteroatoms. The Morgan fingerprint density at radius 1 is 1.83 bits per heavy atom. The second kappa shape index (κ2) is 2.09. The van der Waals surface area contributed by atoms with Gasteiger partial charge in [0, 0.05) is 6.20 Å². The zero-order valence-electron chi connectivity index (χ0n) is 3.18. The van der Waals surface area contributed by atoms with E-state index in [2.05, 4.69) is 0 Å². The Labute approximate surface area is 35.9 Å². The summed E-state index contributed by atoms with van der Waals surface area (Å²) in [4.78, 5) is 0. The highest BCUT2D eigenvalue weighted by Gasteiger charge is 1.72. The van der Waals surface area contributed by atoms with E-state index in [1.54, 1.807) is 6.07 Å². The Kier molecular flexibility index (Phi) is 1.68. The Morgan fingerprint density at radius 3 is 2.33 bits per heavy atom. The first-order valence-corrected chi connectivity index (χ1v) is 1.38. The third-order valence-electron chi connectivity index (χ3n) is 0.309. The summed E-state index contributed by atoms with van der Waals surface area (Å²) >= 11 is 0. The molecular weight excluding hydrogens is 78.1 g/mol. The van der Waals surface area contributed by atoms with Gasteiger partial charge >= 0.3 is 0 Å². The summed E-state index contributed by atoms with van der Waals surface area (Å²) in [5.74, 6) is 0. The molecule has 0 aromatic rings. The van der Waals surface area contributed by atoms with Gasteiger partial charge in [-0.2, -0.15) is 5.26 Å². The van der Waals surface area contributed by atoms with Crippen LogP contribution in [0.25, 0.3) is 0 Å². The van der Waals surface area contributed by atoms with Gasteiger partial charge in [-0.1, -0.05) is 0 Å². The second-order valence-corrected chi connectivity index (χ2v) is 0.734. The van der Waals surface area contributed by atoms with Crippen molar-refractivity contribution in [1.82, 2.24) is 0 Å². The third kappa shape index (κ3) is 1.18. The molecule has 0 amide bonds. The number of hydrogen-bond acceptors (Lipinski definition) is 3. The zero-order valence-corrected chi connectivity index (χ0v) is 3.18. The Morgan fingerprint density at radius 2 is 2.33 bits per heavy atom. The van der Waals surface area contributed by atoms with Gasteiger partial charge < -0.3 is 11.5 Å². The van der Waals surface area contributed by atoms with Gasteiger partial charge in [-0.15, -0.1) is 0 Å². The molecule has 0 radical (unpaired) electrons. The molecule has 0 aromatic heterocycles. The molecule has 0 heterocycles. The highest BCUT2D eigenvalue weighted by molar-refractivity contribution is 5.13. The molecule has 0 aliphatic carbocycles. The molecule has 0 aromatic carbocycles. The van der Waals surface area contributed by atoms with Gasteiger partial charge in [-0.05, 0) is 0 Å². The topological polar surface area (TPSA) is 75.8 Å². The average Bonchev–Trinajstić information content (AvgIpc) is 1.65. The lowest BCUT2D eigenvalue weighted by atomic mass is 10.6. The zero-order chi connectivity index (χ0) is 4.99. The lowest BCUT2D eigenvalue weighted by molar-refractivity contribution is 1.35. The van der Waals surface area contributed by atoms with Crippen LogP contribution in [0.2, 0.25) is 0 Å². The van der Waals surface area contributed by atoms with Crippen molar-refractivity contribution < 1.29 is 0 Å². The quantitative estimate of drug-likeness (QED) is 0.379. The monoisotopic (exact) mass is 83.0 g/mol. The van der Waals surface area contributed by atoms with E-state index >= 15 is 0 Å². The van der Waals surface area contributed by atoms with E-state index in [1.807, 2.05) is 0 Å². The molecule has 6 heavy (non-hydrogen) atoms. The van der Waals surface area contributed by atoms with Gasteiger partial charge in [0.15, 0.2) is 0 Å². The molecule has 0 spiro atoms. The predicted molar refractivity (Wildman–Crippen MR) is 22.1 cm³/mol. The molecule has 32 valence electrons. The van der Waals surface area contributed by atoms with Crippen molar-refractivity contribution >= 4 is 0 Å². The van der Waals surface area contributed by atoms with Crippen LogP contribution >= 0.6 is 0 Å². The van der Waals surface area contributed by atoms with E-state index in [-0.39, 0.29) is 5.70 Å². The van der Waals surface area contributed by atoms with E-state index < -0.39 is 0 Å². The van der Waals surface area contributed by atoms with Crippen LogP contribution in [0.4, 0.5) is 0 Å². The van der Waals surface area contributed by atoms with Crippen molar-refractivity contribution in [3.8, 4) is 6.07 Å². The predicted octanol–water partition coefficient (Wildman–Crippen LogP) is -0.731. The van der Waals surface area contributed by atoms with E-state index in [4.69, 9.17) is 16.7 Å². The van der Waals surface area contributed by atoms with Crippen molar-refractivity contribution in [3.63, 3.8) is 0 Å². The highest BCUT2D eigenvalue weighted by Crippen LogP contribution is 1.66. The van der Waals surface area contributed by atoms with Crippen LogP contribution in [-0.4, -0.2) is 0 Å². The molecule has 0 aliphatic heterocycles. The van der Waals surface area contributed by atoms with Crippen LogP contribution in [0.1, 0.15) is 0 Å². The Balaban J connectivity index is 3.61. The molecule has 4 N–H and O–H groups in total. The van der Waals surface area contributed by atoms with Crippen LogP contribution in [-0.2, 0) is 0 Å². The summed E-state index contributed by atoms with van der Waals surface area (Å²) in [5, 5.41) is 7.81. The lowest BCUT2D eigenvalue weighted by Gasteiger charge is -1.73. The molecule has 0 saturated heterocycles. The summed E-state index contributed by atoms with van der Waals surface area (Å²) in [6, 6.07) is 1.63. The SMILES string of the molecule is N#CC(N)=CN. The third-order valence-corrected chi connectivity index (χ3v) is 0.309. The molecular formula is C3H5N3. The number of hydrogen-bond donors (Lipinski definition) is 2. The second-order valence-electron chi connectivity index (χ2n) is 0.734. The first kappa shape index (κ1) is 4.83.